The van der Waals surface area contributed by atoms with Crippen molar-refractivity contribution in [3.05, 3.63) is 35.5 Å². The highest BCUT2D eigenvalue weighted by atomic mass is 16.1. The van der Waals surface area contributed by atoms with Gasteiger partial charge in [0.1, 0.15) is 0 Å². The molecule has 0 aliphatic heterocycles. The fourth-order valence-corrected chi connectivity index (χ4v) is 2.23. The number of para-hydroxylation sites is 1. The van der Waals surface area contributed by atoms with Crippen LogP contribution in [0.3, 0.4) is 0 Å². The number of aryl methyl sites for hydroxylation is 1. The van der Waals surface area contributed by atoms with Crippen LogP contribution < -0.4 is 5.32 Å². The molecule has 19 heavy (non-hydrogen) atoms. The summed E-state index contributed by atoms with van der Waals surface area (Å²) in [5.41, 5.74) is 3.13. The van der Waals surface area contributed by atoms with Crippen LogP contribution in [0.2, 0.25) is 0 Å². The first-order chi connectivity index (χ1) is 8.93. The van der Waals surface area contributed by atoms with Crippen molar-refractivity contribution >= 4 is 16.8 Å². The minimum absolute atomic E-state index is 0.0831. The summed E-state index contributed by atoms with van der Waals surface area (Å²) in [4.78, 5) is 15.5. The standard InChI is InChI=1S/C16H22N2O/c1-5-16(3,4)18-15(19)10-13-11(2)17-14-9-7-6-8-12(13)14/h6-9,17H,5,10H2,1-4H3,(H,18,19). The summed E-state index contributed by atoms with van der Waals surface area (Å²) >= 11 is 0. The fourth-order valence-electron chi connectivity index (χ4n) is 2.23. The number of H-pyrrole nitrogens is 1. The van der Waals surface area contributed by atoms with Gasteiger partial charge in [-0.1, -0.05) is 25.1 Å². The van der Waals surface area contributed by atoms with E-state index in [1.165, 1.54) is 0 Å². The van der Waals surface area contributed by atoms with Gasteiger partial charge >= 0.3 is 0 Å². The average molecular weight is 258 g/mol. The second-order valence-electron chi connectivity index (χ2n) is 5.74. The SMILES string of the molecule is CCC(C)(C)NC(=O)Cc1c(C)[nH]c2ccccc12. The quantitative estimate of drug-likeness (QED) is 0.868. The van der Waals surface area contributed by atoms with Gasteiger partial charge < -0.3 is 10.3 Å². The highest BCUT2D eigenvalue weighted by molar-refractivity contribution is 5.90. The van der Waals surface area contributed by atoms with Gasteiger partial charge in [-0.3, -0.25) is 4.79 Å². The van der Waals surface area contributed by atoms with Crippen LogP contribution >= 0.6 is 0 Å². The molecule has 2 rings (SSSR count). The number of amides is 1. The molecule has 3 heteroatoms. The molecule has 102 valence electrons. The van der Waals surface area contributed by atoms with Gasteiger partial charge in [0.25, 0.3) is 0 Å². The van der Waals surface area contributed by atoms with Crippen molar-refractivity contribution in [2.45, 2.75) is 46.1 Å². The van der Waals surface area contributed by atoms with E-state index in [2.05, 4.69) is 23.3 Å². The smallest absolute Gasteiger partial charge is 0.224 e. The predicted octanol–water partition coefficient (Wildman–Crippen LogP) is 3.32. The molecule has 0 spiro atoms. The minimum atomic E-state index is -0.142. The number of aromatic nitrogens is 1. The average Bonchev–Trinajstić information content (AvgIpc) is 2.66. The molecule has 0 aliphatic carbocycles. The molecule has 3 nitrogen and oxygen atoms in total. The van der Waals surface area contributed by atoms with Gasteiger partial charge in [-0.2, -0.15) is 0 Å². The summed E-state index contributed by atoms with van der Waals surface area (Å²) in [6.07, 6.45) is 1.35. The Balaban J connectivity index is 2.22. The lowest BCUT2D eigenvalue weighted by Gasteiger charge is -2.24. The van der Waals surface area contributed by atoms with E-state index < -0.39 is 0 Å². The molecule has 1 amide bonds. The molecule has 2 aromatic rings. The van der Waals surface area contributed by atoms with Gasteiger partial charge in [-0.15, -0.1) is 0 Å². The molecule has 0 radical (unpaired) electrons. The first kappa shape index (κ1) is 13.7. The topological polar surface area (TPSA) is 44.9 Å². The molecule has 0 saturated heterocycles. The second-order valence-corrected chi connectivity index (χ2v) is 5.74. The van der Waals surface area contributed by atoms with Crippen molar-refractivity contribution in [2.75, 3.05) is 0 Å². The monoisotopic (exact) mass is 258 g/mol. The summed E-state index contributed by atoms with van der Waals surface area (Å²) < 4.78 is 0. The normalized spacial score (nSPS) is 11.8. The van der Waals surface area contributed by atoms with E-state index in [0.717, 1.165) is 28.6 Å². The van der Waals surface area contributed by atoms with Gasteiger partial charge in [0.05, 0.1) is 6.42 Å². The van der Waals surface area contributed by atoms with Crippen molar-refractivity contribution in [3.63, 3.8) is 0 Å². The van der Waals surface area contributed by atoms with Crippen molar-refractivity contribution in [3.8, 4) is 0 Å². The number of nitrogens with one attached hydrogen (secondary N) is 2. The summed E-state index contributed by atoms with van der Waals surface area (Å²) in [6, 6.07) is 8.11. The Morgan fingerprint density at radius 2 is 2.00 bits per heavy atom. The van der Waals surface area contributed by atoms with Crippen molar-refractivity contribution in [2.24, 2.45) is 0 Å². The Kier molecular flexibility index (Phi) is 3.65. The first-order valence-electron chi connectivity index (χ1n) is 6.80. The van der Waals surface area contributed by atoms with Gasteiger partial charge in [-0.25, -0.2) is 0 Å². The number of hydrogen-bond acceptors (Lipinski definition) is 1. The summed E-state index contributed by atoms with van der Waals surface area (Å²) in [6.45, 7) is 8.20. The van der Waals surface area contributed by atoms with Crippen LogP contribution in [0.4, 0.5) is 0 Å². The molecule has 0 atom stereocenters. The van der Waals surface area contributed by atoms with Gasteiger partial charge in [0.2, 0.25) is 5.91 Å². The Hall–Kier alpha value is -1.77. The Morgan fingerprint density at radius 3 is 2.68 bits per heavy atom. The molecule has 2 N–H and O–H groups in total. The molecule has 0 bridgehead atoms. The van der Waals surface area contributed by atoms with Crippen LogP contribution in [-0.4, -0.2) is 16.4 Å². The van der Waals surface area contributed by atoms with E-state index in [-0.39, 0.29) is 11.4 Å². The van der Waals surface area contributed by atoms with Crippen molar-refractivity contribution < 1.29 is 4.79 Å². The number of carbonyl (C=O) groups is 1. The Morgan fingerprint density at radius 1 is 1.32 bits per heavy atom. The van der Waals surface area contributed by atoms with Crippen LogP contribution in [0, 0.1) is 6.92 Å². The van der Waals surface area contributed by atoms with E-state index in [9.17, 15) is 4.79 Å². The minimum Gasteiger partial charge on any atom is -0.358 e. The lowest BCUT2D eigenvalue weighted by atomic mass is 10.0. The molecule has 0 unspecified atom stereocenters. The third-order valence-electron chi connectivity index (χ3n) is 3.73. The van der Waals surface area contributed by atoms with Crippen molar-refractivity contribution in [1.82, 2.24) is 10.3 Å². The maximum Gasteiger partial charge on any atom is 0.224 e. The van der Waals surface area contributed by atoms with E-state index in [0.29, 0.717) is 6.42 Å². The van der Waals surface area contributed by atoms with Gasteiger partial charge in [0, 0.05) is 22.1 Å². The number of rotatable bonds is 4. The molecule has 0 aliphatic rings. The second kappa shape index (κ2) is 5.08. The highest BCUT2D eigenvalue weighted by Crippen LogP contribution is 2.22. The van der Waals surface area contributed by atoms with E-state index in [1.54, 1.807) is 0 Å². The molecule has 1 aromatic heterocycles. The molecule has 1 heterocycles. The van der Waals surface area contributed by atoms with Crippen molar-refractivity contribution in [1.29, 1.82) is 0 Å². The largest absolute Gasteiger partial charge is 0.358 e. The van der Waals surface area contributed by atoms with Gasteiger partial charge in [-0.05, 0) is 38.8 Å². The molecular formula is C16H22N2O. The highest BCUT2D eigenvalue weighted by Gasteiger charge is 2.19. The predicted molar refractivity (Wildman–Crippen MR) is 79.3 cm³/mol. The molecule has 0 fully saturated rings. The van der Waals surface area contributed by atoms with E-state index in [1.807, 2.05) is 39.0 Å². The third-order valence-corrected chi connectivity index (χ3v) is 3.73. The molecular weight excluding hydrogens is 236 g/mol. The van der Waals surface area contributed by atoms with E-state index in [4.69, 9.17) is 0 Å². The zero-order valence-electron chi connectivity index (χ0n) is 12.1. The Labute approximate surface area is 114 Å². The van der Waals surface area contributed by atoms with Crippen LogP contribution in [-0.2, 0) is 11.2 Å². The maximum absolute atomic E-state index is 12.2. The lowest BCUT2D eigenvalue weighted by Crippen LogP contribution is -2.43. The van der Waals surface area contributed by atoms with Crippen LogP contribution in [0.1, 0.15) is 38.4 Å². The summed E-state index contributed by atoms with van der Waals surface area (Å²) in [7, 11) is 0. The fraction of sp³-hybridized carbons (Fsp3) is 0.438. The maximum atomic E-state index is 12.2. The lowest BCUT2D eigenvalue weighted by molar-refractivity contribution is -0.122. The number of fused-ring (bicyclic) bond motifs is 1. The number of carbonyl (C=O) groups excluding carboxylic acids is 1. The van der Waals surface area contributed by atoms with E-state index >= 15 is 0 Å². The molecule has 0 saturated carbocycles. The van der Waals surface area contributed by atoms with Crippen LogP contribution in [0.25, 0.3) is 10.9 Å². The van der Waals surface area contributed by atoms with Crippen LogP contribution in [0.5, 0.6) is 0 Å². The zero-order chi connectivity index (χ0) is 14.0. The first-order valence-corrected chi connectivity index (χ1v) is 6.80. The van der Waals surface area contributed by atoms with Gasteiger partial charge in [0.15, 0.2) is 0 Å². The van der Waals surface area contributed by atoms with Crippen LogP contribution in [0.15, 0.2) is 24.3 Å². The summed E-state index contributed by atoms with van der Waals surface area (Å²) in [5, 5.41) is 4.23. The summed E-state index contributed by atoms with van der Waals surface area (Å²) in [5.74, 6) is 0.0831. The number of hydrogen-bond donors (Lipinski definition) is 2. The number of aromatic amines is 1. The molecule has 1 aromatic carbocycles. The third kappa shape index (κ3) is 2.98. The number of benzene rings is 1. The Bertz CT molecular complexity index is 596. The zero-order valence-corrected chi connectivity index (χ0v) is 12.1.